The highest BCUT2D eigenvalue weighted by Crippen LogP contribution is 2.49. The first-order valence-electron chi connectivity index (χ1n) is 6.07. The third-order valence-electron chi connectivity index (χ3n) is 3.88. The van der Waals surface area contributed by atoms with E-state index in [4.69, 9.17) is 4.74 Å². The Morgan fingerprint density at radius 1 is 1.47 bits per heavy atom. The van der Waals surface area contributed by atoms with E-state index in [9.17, 15) is 0 Å². The molecule has 0 bridgehead atoms. The Bertz CT molecular complexity index is 208. The van der Waals surface area contributed by atoms with Crippen molar-refractivity contribution in [2.45, 2.75) is 31.8 Å². The highest BCUT2D eigenvalue weighted by molar-refractivity contribution is 7.98. The summed E-state index contributed by atoms with van der Waals surface area (Å²) in [5, 5.41) is 3.38. The molecule has 2 atom stereocenters. The summed E-state index contributed by atoms with van der Waals surface area (Å²) in [5.41, 5.74) is 0.443. The predicted octanol–water partition coefficient (Wildman–Crippen LogP) is 2.14. The Kier molecular flexibility index (Phi) is 3.97. The zero-order valence-electron chi connectivity index (χ0n) is 9.92. The van der Waals surface area contributed by atoms with E-state index in [1.807, 2.05) is 11.8 Å². The summed E-state index contributed by atoms with van der Waals surface area (Å²) in [7, 11) is 2.07. The van der Waals surface area contributed by atoms with Crippen molar-refractivity contribution in [1.82, 2.24) is 5.32 Å². The van der Waals surface area contributed by atoms with Crippen molar-refractivity contribution in [1.29, 1.82) is 0 Å². The molecule has 2 unspecified atom stereocenters. The Labute approximate surface area is 97.5 Å². The molecule has 0 aromatic heterocycles. The van der Waals surface area contributed by atoms with Crippen LogP contribution in [-0.2, 0) is 4.74 Å². The largest absolute Gasteiger partial charge is 0.377 e. The maximum Gasteiger partial charge on any atom is 0.0672 e. The van der Waals surface area contributed by atoms with E-state index in [1.54, 1.807) is 0 Å². The van der Waals surface area contributed by atoms with Crippen LogP contribution in [0.25, 0.3) is 0 Å². The Morgan fingerprint density at radius 2 is 2.27 bits per heavy atom. The fourth-order valence-corrected chi connectivity index (χ4v) is 3.56. The van der Waals surface area contributed by atoms with Crippen LogP contribution >= 0.6 is 11.8 Å². The maximum absolute atomic E-state index is 5.99. The van der Waals surface area contributed by atoms with Gasteiger partial charge in [0.1, 0.15) is 0 Å². The van der Waals surface area contributed by atoms with Gasteiger partial charge in [0, 0.05) is 18.6 Å². The number of ether oxygens (including phenoxy) is 1. The molecule has 0 aromatic rings. The Hall–Kier alpha value is 0.270. The maximum atomic E-state index is 5.99. The molecule has 2 aliphatic rings. The number of hydrogen-bond acceptors (Lipinski definition) is 3. The van der Waals surface area contributed by atoms with Gasteiger partial charge in [-0.15, -0.1) is 0 Å². The fourth-order valence-electron chi connectivity index (χ4n) is 2.95. The van der Waals surface area contributed by atoms with Gasteiger partial charge in [-0.1, -0.05) is 0 Å². The second kappa shape index (κ2) is 5.07. The van der Waals surface area contributed by atoms with E-state index in [1.165, 1.54) is 31.4 Å². The second-order valence-corrected chi connectivity index (χ2v) is 6.00. The molecule has 15 heavy (non-hydrogen) atoms. The van der Waals surface area contributed by atoms with E-state index < -0.39 is 0 Å². The zero-order chi connectivity index (χ0) is 10.7. The average Bonchev–Trinajstić information content (AvgIpc) is 2.99. The summed E-state index contributed by atoms with van der Waals surface area (Å²) in [5.74, 6) is 2.15. The lowest BCUT2D eigenvalue weighted by Gasteiger charge is -2.34. The summed E-state index contributed by atoms with van der Waals surface area (Å²) < 4.78 is 5.99. The first-order valence-corrected chi connectivity index (χ1v) is 7.47. The van der Waals surface area contributed by atoms with Gasteiger partial charge in [-0.2, -0.15) is 11.8 Å². The van der Waals surface area contributed by atoms with Gasteiger partial charge in [0.25, 0.3) is 0 Å². The molecule has 2 rings (SSSR count). The molecule has 88 valence electrons. The number of hydrogen-bond donors (Lipinski definition) is 1. The molecular formula is C12H23NOS. The number of rotatable bonds is 6. The molecule has 1 saturated carbocycles. The van der Waals surface area contributed by atoms with Gasteiger partial charge in [-0.05, 0) is 50.7 Å². The fraction of sp³-hybridized carbons (Fsp3) is 1.00. The quantitative estimate of drug-likeness (QED) is 0.754. The van der Waals surface area contributed by atoms with Gasteiger partial charge in [0.15, 0.2) is 0 Å². The van der Waals surface area contributed by atoms with Crippen molar-refractivity contribution in [2.24, 2.45) is 11.3 Å². The minimum Gasteiger partial charge on any atom is -0.377 e. The van der Waals surface area contributed by atoms with Crippen LogP contribution in [0.5, 0.6) is 0 Å². The van der Waals surface area contributed by atoms with Crippen molar-refractivity contribution in [2.75, 3.05) is 32.2 Å². The van der Waals surface area contributed by atoms with Gasteiger partial charge in [0.05, 0.1) is 6.10 Å². The van der Waals surface area contributed by atoms with Gasteiger partial charge < -0.3 is 10.1 Å². The number of nitrogens with one attached hydrogen (secondary N) is 1. The van der Waals surface area contributed by atoms with E-state index in [0.29, 0.717) is 11.5 Å². The first kappa shape index (κ1) is 11.7. The predicted molar refractivity (Wildman–Crippen MR) is 66.4 cm³/mol. The van der Waals surface area contributed by atoms with Crippen molar-refractivity contribution >= 4 is 11.8 Å². The molecule has 0 aromatic carbocycles. The first-order chi connectivity index (χ1) is 7.32. The molecule has 1 aliphatic carbocycles. The van der Waals surface area contributed by atoms with Crippen LogP contribution in [0.2, 0.25) is 0 Å². The summed E-state index contributed by atoms with van der Waals surface area (Å²) in [6.45, 7) is 2.12. The Balaban J connectivity index is 2.00. The van der Waals surface area contributed by atoms with Crippen LogP contribution in [-0.4, -0.2) is 38.3 Å². The van der Waals surface area contributed by atoms with Gasteiger partial charge in [-0.25, -0.2) is 0 Å². The molecular weight excluding hydrogens is 206 g/mol. The zero-order valence-corrected chi connectivity index (χ0v) is 10.7. The van der Waals surface area contributed by atoms with Crippen LogP contribution in [0.15, 0.2) is 0 Å². The van der Waals surface area contributed by atoms with Crippen molar-refractivity contribution in [3.05, 3.63) is 0 Å². The van der Waals surface area contributed by atoms with Crippen LogP contribution in [0.3, 0.4) is 0 Å². The molecule has 1 N–H and O–H groups in total. The van der Waals surface area contributed by atoms with Crippen LogP contribution in [0.4, 0.5) is 0 Å². The lowest BCUT2D eigenvalue weighted by atomic mass is 9.76. The van der Waals surface area contributed by atoms with Crippen LogP contribution < -0.4 is 5.32 Å². The standard InChI is InChI=1S/C12H23NOS/c1-13-9-12(6-8-15-2)5-7-14-11(12)10-3-4-10/h10-11,13H,3-9H2,1-2H3. The van der Waals surface area contributed by atoms with Crippen molar-refractivity contribution < 1.29 is 4.74 Å². The van der Waals surface area contributed by atoms with Crippen LogP contribution in [0, 0.1) is 11.3 Å². The molecule has 2 nitrogen and oxygen atoms in total. The third kappa shape index (κ3) is 2.51. The second-order valence-electron chi connectivity index (χ2n) is 5.01. The van der Waals surface area contributed by atoms with Crippen LogP contribution in [0.1, 0.15) is 25.7 Å². The molecule has 3 heteroatoms. The molecule has 2 fully saturated rings. The molecule has 0 radical (unpaired) electrons. The third-order valence-corrected chi connectivity index (χ3v) is 4.50. The SMILES string of the molecule is CNCC1(CCSC)CCOC1C1CC1. The normalized spacial score (nSPS) is 36.0. The summed E-state index contributed by atoms with van der Waals surface area (Å²) in [6.07, 6.45) is 8.13. The molecule has 1 saturated heterocycles. The summed E-state index contributed by atoms with van der Waals surface area (Å²) >= 11 is 1.96. The minimum absolute atomic E-state index is 0.443. The minimum atomic E-state index is 0.443. The summed E-state index contributed by atoms with van der Waals surface area (Å²) in [6, 6.07) is 0. The highest BCUT2D eigenvalue weighted by atomic mass is 32.2. The molecule has 0 spiro atoms. The molecule has 0 amide bonds. The van der Waals surface area contributed by atoms with E-state index in [2.05, 4.69) is 18.6 Å². The van der Waals surface area contributed by atoms with E-state index in [-0.39, 0.29) is 0 Å². The topological polar surface area (TPSA) is 21.3 Å². The highest BCUT2D eigenvalue weighted by Gasteiger charge is 2.49. The van der Waals surface area contributed by atoms with Crippen molar-refractivity contribution in [3.63, 3.8) is 0 Å². The monoisotopic (exact) mass is 229 g/mol. The van der Waals surface area contributed by atoms with Gasteiger partial charge >= 0.3 is 0 Å². The smallest absolute Gasteiger partial charge is 0.0672 e. The Morgan fingerprint density at radius 3 is 2.87 bits per heavy atom. The molecule has 1 aliphatic heterocycles. The van der Waals surface area contributed by atoms with Gasteiger partial charge in [-0.3, -0.25) is 0 Å². The lowest BCUT2D eigenvalue weighted by molar-refractivity contribution is 0.0302. The van der Waals surface area contributed by atoms with E-state index in [0.717, 1.165) is 19.1 Å². The number of thioether (sulfide) groups is 1. The average molecular weight is 229 g/mol. The summed E-state index contributed by atoms with van der Waals surface area (Å²) in [4.78, 5) is 0. The van der Waals surface area contributed by atoms with E-state index >= 15 is 0 Å². The van der Waals surface area contributed by atoms with Gasteiger partial charge in [0.2, 0.25) is 0 Å². The van der Waals surface area contributed by atoms with Crippen molar-refractivity contribution in [3.8, 4) is 0 Å². The molecule has 1 heterocycles. The lowest BCUT2D eigenvalue weighted by Crippen LogP contribution is -2.41.